The number of carbonyl (C=O) groups excluding carboxylic acids is 1. The van der Waals surface area contributed by atoms with E-state index in [0.717, 1.165) is 55.2 Å². The predicted octanol–water partition coefficient (Wildman–Crippen LogP) is 3.12. The van der Waals surface area contributed by atoms with Crippen molar-refractivity contribution in [2.24, 2.45) is 5.92 Å². The second-order valence-corrected chi connectivity index (χ2v) is 10.4. The number of benzene rings is 1. The lowest BCUT2D eigenvalue weighted by atomic mass is 10.2. The van der Waals surface area contributed by atoms with Crippen molar-refractivity contribution in [3.05, 3.63) is 24.3 Å². The molecule has 2 unspecified atom stereocenters. The highest BCUT2D eigenvalue weighted by atomic mass is 32.2. The fourth-order valence-corrected chi connectivity index (χ4v) is 5.12. The summed E-state index contributed by atoms with van der Waals surface area (Å²) in [5.74, 6) is 1.53. The largest absolute Gasteiger partial charge is 0.378 e. The molecule has 4 rings (SSSR count). The highest BCUT2D eigenvalue weighted by Gasteiger charge is 2.23. The van der Waals surface area contributed by atoms with Gasteiger partial charge in [0.25, 0.3) is 0 Å². The van der Waals surface area contributed by atoms with Crippen LogP contribution in [0.1, 0.15) is 27.7 Å². The quantitative estimate of drug-likeness (QED) is 0.568. The van der Waals surface area contributed by atoms with Crippen molar-refractivity contribution < 1.29 is 14.3 Å². The first-order chi connectivity index (χ1) is 16.4. The number of aromatic nitrogens is 3. The van der Waals surface area contributed by atoms with Crippen molar-refractivity contribution in [2.75, 3.05) is 60.3 Å². The van der Waals surface area contributed by atoms with Crippen molar-refractivity contribution in [2.45, 2.75) is 51.6 Å². The van der Waals surface area contributed by atoms with Gasteiger partial charge >= 0.3 is 0 Å². The molecule has 1 aromatic carbocycles. The topological polar surface area (TPSA) is 84.8 Å². The average molecular weight is 489 g/mol. The molecule has 2 fully saturated rings. The number of amides is 1. The lowest BCUT2D eigenvalue weighted by Crippen LogP contribution is -2.45. The number of anilines is 3. The molecule has 0 bridgehead atoms. The van der Waals surface area contributed by atoms with E-state index in [9.17, 15) is 4.79 Å². The molecule has 1 N–H and O–H groups in total. The van der Waals surface area contributed by atoms with E-state index >= 15 is 0 Å². The molecule has 3 heterocycles. The van der Waals surface area contributed by atoms with Crippen LogP contribution >= 0.6 is 11.8 Å². The van der Waals surface area contributed by atoms with Crippen LogP contribution in [-0.2, 0) is 20.8 Å². The summed E-state index contributed by atoms with van der Waals surface area (Å²) in [6, 6.07) is 8.03. The van der Waals surface area contributed by atoms with Gasteiger partial charge < -0.3 is 24.6 Å². The minimum absolute atomic E-state index is 0.0570. The third kappa shape index (κ3) is 6.43. The Morgan fingerprint density at radius 2 is 1.76 bits per heavy atom. The lowest BCUT2D eigenvalue weighted by Gasteiger charge is -2.36. The van der Waals surface area contributed by atoms with Gasteiger partial charge in [-0.1, -0.05) is 25.6 Å². The molecule has 186 valence electrons. The smallest absolute Gasteiger partial charge is 0.234 e. The Labute approximate surface area is 206 Å². The average Bonchev–Trinajstić information content (AvgIpc) is 3.20. The van der Waals surface area contributed by atoms with Crippen molar-refractivity contribution in [1.82, 2.24) is 14.8 Å². The molecule has 2 saturated heterocycles. The van der Waals surface area contributed by atoms with Gasteiger partial charge in [0.15, 0.2) is 5.16 Å². The number of hydrogen-bond donors (Lipinski definition) is 1. The molecule has 1 aromatic heterocycles. The molecule has 9 nitrogen and oxygen atoms in total. The van der Waals surface area contributed by atoms with Crippen LogP contribution in [-0.4, -0.2) is 78.0 Å². The number of hydrogen-bond acceptors (Lipinski definition) is 8. The summed E-state index contributed by atoms with van der Waals surface area (Å²) in [5, 5.41) is 12.6. The minimum Gasteiger partial charge on any atom is -0.378 e. The van der Waals surface area contributed by atoms with Gasteiger partial charge in [-0.25, -0.2) is 0 Å². The van der Waals surface area contributed by atoms with E-state index in [2.05, 4.69) is 69.7 Å². The normalized spacial score (nSPS) is 21.2. The summed E-state index contributed by atoms with van der Waals surface area (Å²) in [4.78, 5) is 17.2. The highest BCUT2D eigenvalue weighted by Crippen LogP contribution is 2.25. The van der Waals surface area contributed by atoms with E-state index in [0.29, 0.717) is 19.1 Å². The standard InChI is InChI=1S/C24H36N6O3S/c1-17(2)13-30-23(28-9-11-32-12-10-28)26-27-24(30)34-16-22(31)25-20-5-7-21(8-6-20)29-14-18(3)33-19(4)15-29/h5-8,17-19H,9-16H2,1-4H3,(H,25,31). The molecule has 2 aliphatic rings. The molecule has 2 atom stereocenters. The lowest BCUT2D eigenvalue weighted by molar-refractivity contribution is -0.113. The maximum atomic E-state index is 12.7. The highest BCUT2D eigenvalue weighted by molar-refractivity contribution is 7.99. The molecular weight excluding hydrogens is 452 g/mol. The Bertz CT molecular complexity index is 935. The van der Waals surface area contributed by atoms with E-state index in [1.807, 2.05) is 12.1 Å². The second-order valence-electron chi connectivity index (χ2n) is 9.43. The maximum absolute atomic E-state index is 12.7. The fraction of sp³-hybridized carbons (Fsp3) is 0.625. The Kier molecular flexibility index (Phi) is 8.33. The number of nitrogens with zero attached hydrogens (tertiary/aromatic N) is 5. The van der Waals surface area contributed by atoms with Gasteiger partial charge in [0.05, 0.1) is 31.2 Å². The molecule has 0 radical (unpaired) electrons. The minimum atomic E-state index is -0.0570. The van der Waals surface area contributed by atoms with E-state index in [4.69, 9.17) is 9.47 Å². The zero-order valence-corrected chi connectivity index (χ0v) is 21.4. The number of morpholine rings is 2. The van der Waals surface area contributed by atoms with Crippen LogP contribution in [0.15, 0.2) is 29.4 Å². The van der Waals surface area contributed by atoms with E-state index < -0.39 is 0 Å². The predicted molar refractivity (Wildman–Crippen MR) is 136 cm³/mol. The molecular formula is C24H36N6O3S. The first-order valence-corrected chi connectivity index (χ1v) is 13.1. The van der Waals surface area contributed by atoms with Crippen LogP contribution in [0.2, 0.25) is 0 Å². The SMILES string of the molecule is CC(C)Cn1c(SCC(=O)Nc2ccc(N3CC(C)OC(C)C3)cc2)nnc1N1CCOCC1. The van der Waals surface area contributed by atoms with Gasteiger partial charge in [0.2, 0.25) is 11.9 Å². The van der Waals surface area contributed by atoms with Crippen molar-refractivity contribution in [1.29, 1.82) is 0 Å². The molecule has 0 aliphatic carbocycles. The van der Waals surface area contributed by atoms with Gasteiger partial charge in [-0.3, -0.25) is 9.36 Å². The maximum Gasteiger partial charge on any atom is 0.234 e. The molecule has 0 saturated carbocycles. The summed E-state index contributed by atoms with van der Waals surface area (Å²) in [6.07, 6.45) is 0.420. The molecule has 0 spiro atoms. The first kappa shape index (κ1) is 24.8. The van der Waals surface area contributed by atoms with Gasteiger partial charge in [0, 0.05) is 44.1 Å². The van der Waals surface area contributed by atoms with Crippen LogP contribution < -0.4 is 15.1 Å². The summed E-state index contributed by atoms with van der Waals surface area (Å²) in [7, 11) is 0. The van der Waals surface area contributed by atoms with E-state index in [1.165, 1.54) is 11.8 Å². The summed E-state index contributed by atoms with van der Waals surface area (Å²) < 4.78 is 13.4. The molecule has 2 aliphatic heterocycles. The van der Waals surface area contributed by atoms with E-state index in [1.54, 1.807) is 0 Å². The molecule has 2 aromatic rings. The Morgan fingerprint density at radius 3 is 2.41 bits per heavy atom. The summed E-state index contributed by atoms with van der Waals surface area (Å²) >= 11 is 1.42. The van der Waals surface area contributed by atoms with Crippen LogP contribution in [0.5, 0.6) is 0 Å². The van der Waals surface area contributed by atoms with Gasteiger partial charge in [0.1, 0.15) is 0 Å². The Morgan fingerprint density at radius 1 is 1.09 bits per heavy atom. The molecule has 10 heteroatoms. The number of nitrogens with one attached hydrogen (secondary N) is 1. The van der Waals surface area contributed by atoms with Gasteiger partial charge in [-0.05, 0) is 44.0 Å². The number of thioether (sulfide) groups is 1. The monoisotopic (exact) mass is 488 g/mol. The number of ether oxygens (including phenoxy) is 2. The van der Waals surface area contributed by atoms with Gasteiger partial charge in [-0.2, -0.15) is 0 Å². The van der Waals surface area contributed by atoms with Crippen molar-refractivity contribution in [3.8, 4) is 0 Å². The first-order valence-electron chi connectivity index (χ1n) is 12.1. The van der Waals surface area contributed by atoms with Crippen LogP contribution in [0, 0.1) is 5.92 Å². The van der Waals surface area contributed by atoms with Gasteiger partial charge in [-0.15, -0.1) is 10.2 Å². The fourth-order valence-electron chi connectivity index (χ4n) is 4.38. The van der Waals surface area contributed by atoms with Crippen LogP contribution in [0.4, 0.5) is 17.3 Å². The van der Waals surface area contributed by atoms with Crippen molar-refractivity contribution >= 4 is 35.0 Å². The van der Waals surface area contributed by atoms with Crippen LogP contribution in [0.25, 0.3) is 0 Å². The number of carbonyl (C=O) groups is 1. The third-order valence-electron chi connectivity index (χ3n) is 5.81. The van der Waals surface area contributed by atoms with E-state index in [-0.39, 0.29) is 23.9 Å². The van der Waals surface area contributed by atoms with Crippen LogP contribution in [0.3, 0.4) is 0 Å². The zero-order chi connectivity index (χ0) is 24.1. The Hall–Kier alpha value is -2.30. The van der Waals surface area contributed by atoms with Crippen molar-refractivity contribution in [3.63, 3.8) is 0 Å². The second kappa shape index (κ2) is 11.4. The third-order valence-corrected chi connectivity index (χ3v) is 6.77. The Balaban J connectivity index is 1.34. The number of rotatable bonds is 8. The molecule has 34 heavy (non-hydrogen) atoms. The summed E-state index contributed by atoms with van der Waals surface area (Å²) in [5.41, 5.74) is 1.94. The summed E-state index contributed by atoms with van der Waals surface area (Å²) in [6.45, 7) is 14.1. The zero-order valence-electron chi connectivity index (χ0n) is 20.6. The molecule has 1 amide bonds.